The second-order valence-corrected chi connectivity index (χ2v) is 5.01. The highest BCUT2D eigenvalue weighted by atomic mass is 16.5. The van der Waals surface area contributed by atoms with E-state index in [4.69, 9.17) is 9.84 Å². The first-order valence-corrected chi connectivity index (χ1v) is 6.47. The summed E-state index contributed by atoms with van der Waals surface area (Å²) in [6.07, 6.45) is 2.35. The number of carbonyl (C=O) groups excluding carboxylic acids is 1. The van der Waals surface area contributed by atoms with E-state index in [-0.39, 0.29) is 25.0 Å². The van der Waals surface area contributed by atoms with Gasteiger partial charge in [0.2, 0.25) is 5.91 Å². The standard InChI is InChI=1S/C12H20N2O4/c15-11(5-10-6-13-3-4-18-10)14(8-12(16)17)7-9-1-2-9/h9-10,13H,1-8H2,(H,16,17). The Kier molecular flexibility index (Phi) is 4.54. The number of hydrogen-bond acceptors (Lipinski definition) is 4. The van der Waals surface area contributed by atoms with E-state index in [2.05, 4.69) is 5.32 Å². The van der Waals surface area contributed by atoms with Crippen molar-refractivity contribution in [2.24, 2.45) is 5.92 Å². The molecular weight excluding hydrogens is 236 g/mol. The molecule has 1 atom stereocenters. The fraction of sp³-hybridized carbons (Fsp3) is 0.833. The van der Waals surface area contributed by atoms with E-state index in [1.807, 2.05) is 0 Å². The average Bonchev–Trinajstić information content (AvgIpc) is 3.13. The molecule has 0 bridgehead atoms. The van der Waals surface area contributed by atoms with Crippen LogP contribution < -0.4 is 5.32 Å². The SMILES string of the molecule is O=C(O)CN(CC1CC1)C(=O)CC1CNCCO1. The minimum absolute atomic E-state index is 0.113. The maximum atomic E-state index is 12.1. The molecule has 2 aliphatic rings. The van der Waals surface area contributed by atoms with Gasteiger partial charge in [-0.1, -0.05) is 0 Å². The molecule has 6 heteroatoms. The van der Waals surface area contributed by atoms with Crippen LogP contribution in [0, 0.1) is 5.92 Å². The van der Waals surface area contributed by atoms with Crippen molar-refractivity contribution in [1.29, 1.82) is 0 Å². The van der Waals surface area contributed by atoms with Gasteiger partial charge in [0.15, 0.2) is 0 Å². The Morgan fingerprint density at radius 1 is 1.39 bits per heavy atom. The van der Waals surface area contributed by atoms with Crippen molar-refractivity contribution in [3.63, 3.8) is 0 Å². The Morgan fingerprint density at radius 2 is 2.17 bits per heavy atom. The molecule has 0 radical (unpaired) electrons. The predicted molar refractivity (Wildman–Crippen MR) is 64.2 cm³/mol. The van der Waals surface area contributed by atoms with Gasteiger partial charge in [-0.05, 0) is 18.8 Å². The van der Waals surface area contributed by atoms with Gasteiger partial charge in [-0.25, -0.2) is 0 Å². The number of ether oxygens (including phenoxy) is 1. The van der Waals surface area contributed by atoms with Gasteiger partial charge in [-0.15, -0.1) is 0 Å². The Morgan fingerprint density at radius 3 is 2.72 bits per heavy atom. The molecule has 1 heterocycles. The average molecular weight is 256 g/mol. The molecule has 0 aromatic rings. The van der Waals surface area contributed by atoms with Crippen LogP contribution in [-0.2, 0) is 14.3 Å². The third kappa shape index (κ3) is 4.27. The zero-order valence-corrected chi connectivity index (χ0v) is 10.4. The van der Waals surface area contributed by atoms with Crippen LogP contribution in [-0.4, -0.2) is 60.8 Å². The van der Waals surface area contributed by atoms with Crippen molar-refractivity contribution in [2.75, 3.05) is 32.8 Å². The molecule has 2 N–H and O–H groups in total. The van der Waals surface area contributed by atoms with Crippen LogP contribution in [0.4, 0.5) is 0 Å². The van der Waals surface area contributed by atoms with Gasteiger partial charge < -0.3 is 20.1 Å². The summed E-state index contributed by atoms with van der Waals surface area (Å²) in [5.41, 5.74) is 0. The number of carboxylic acids is 1. The molecule has 18 heavy (non-hydrogen) atoms. The minimum Gasteiger partial charge on any atom is -0.480 e. The maximum Gasteiger partial charge on any atom is 0.323 e. The van der Waals surface area contributed by atoms with Gasteiger partial charge in [0.1, 0.15) is 6.54 Å². The van der Waals surface area contributed by atoms with Crippen molar-refractivity contribution < 1.29 is 19.4 Å². The number of aliphatic carboxylic acids is 1. The number of hydrogen-bond donors (Lipinski definition) is 2. The summed E-state index contributed by atoms with van der Waals surface area (Å²) in [4.78, 5) is 24.3. The van der Waals surface area contributed by atoms with Gasteiger partial charge in [-0.3, -0.25) is 9.59 Å². The van der Waals surface area contributed by atoms with Crippen LogP contribution in [0.1, 0.15) is 19.3 Å². The van der Waals surface area contributed by atoms with E-state index in [1.165, 1.54) is 4.90 Å². The zero-order valence-electron chi connectivity index (χ0n) is 10.4. The van der Waals surface area contributed by atoms with E-state index in [0.717, 1.165) is 19.4 Å². The quantitative estimate of drug-likeness (QED) is 0.681. The van der Waals surface area contributed by atoms with Crippen molar-refractivity contribution in [3.05, 3.63) is 0 Å². The molecule has 1 unspecified atom stereocenters. The van der Waals surface area contributed by atoms with Crippen LogP contribution in [0.2, 0.25) is 0 Å². The topological polar surface area (TPSA) is 78.9 Å². The van der Waals surface area contributed by atoms with Gasteiger partial charge in [-0.2, -0.15) is 0 Å². The number of amides is 1. The first-order chi connectivity index (χ1) is 8.65. The van der Waals surface area contributed by atoms with Gasteiger partial charge in [0.05, 0.1) is 19.1 Å². The fourth-order valence-corrected chi connectivity index (χ4v) is 2.10. The maximum absolute atomic E-state index is 12.1. The van der Waals surface area contributed by atoms with Gasteiger partial charge in [0, 0.05) is 19.6 Å². The lowest BCUT2D eigenvalue weighted by Crippen LogP contribution is -2.44. The number of carbonyl (C=O) groups is 2. The number of nitrogens with one attached hydrogen (secondary N) is 1. The first kappa shape index (κ1) is 13.3. The van der Waals surface area contributed by atoms with Crippen molar-refractivity contribution >= 4 is 11.9 Å². The molecule has 1 aliphatic heterocycles. The highest BCUT2D eigenvalue weighted by Crippen LogP contribution is 2.29. The zero-order chi connectivity index (χ0) is 13.0. The molecule has 2 rings (SSSR count). The van der Waals surface area contributed by atoms with Gasteiger partial charge >= 0.3 is 5.97 Å². The van der Waals surface area contributed by atoms with Crippen molar-refractivity contribution in [3.8, 4) is 0 Å². The highest BCUT2D eigenvalue weighted by molar-refractivity contribution is 5.81. The second-order valence-electron chi connectivity index (χ2n) is 5.01. The van der Waals surface area contributed by atoms with Crippen LogP contribution in [0.25, 0.3) is 0 Å². The number of carboxylic acid groups (broad SMARTS) is 1. The third-order valence-corrected chi connectivity index (χ3v) is 3.26. The predicted octanol–water partition coefficient (Wildman–Crippen LogP) is -0.312. The summed E-state index contributed by atoms with van der Waals surface area (Å²) < 4.78 is 5.47. The summed E-state index contributed by atoms with van der Waals surface area (Å²) in [6, 6.07) is 0. The number of nitrogens with zero attached hydrogens (tertiary/aromatic N) is 1. The minimum atomic E-state index is -0.952. The molecule has 0 aromatic heterocycles. The Balaban J connectivity index is 1.82. The summed E-state index contributed by atoms with van der Waals surface area (Å²) in [5.74, 6) is -0.566. The lowest BCUT2D eigenvalue weighted by molar-refractivity contribution is -0.146. The number of morpholine rings is 1. The molecule has 1 saturated heterocycles. The molecule has 1 amide bonds. The molecule has 1 aliphatic carbocycles. The van der Waals surface area contributed by atoms with E-state index in [0.29, 0.717) is 25.6 Å². The monoisotopic (exact) mass is 256 g/mol. The highest BCUT2D eigenvalue weighted by Gasteiger charge is 2.29. The fourth-order valence-electron chi connectivity index (χ4n) is 2.10. The molecule has 0 aromatic carbocycles. The second kappa shape index (κ2) is 6.15. The Labute approximate surface area is 106 Å². The lowest BCUT2D eigenvalue weighted by Gasteiger charge is -2.26. The largest absolute Gasteiger partial charge is 0.480 e. The van der Waals surface area contributed by atoms with Gasteiger partial charge in [0.25, 0.3) is 0 Å². The lowest BCUT2D eigenvalue weighted by atomic mass is 10.2. The van der Waals surface area contributed by atoms with Crippen LogP contribution in [0.5, 0.6) is 0 Å². The smallest absolute Gasteiger partial charge is 0.323 e. The molecule has 2 fully saturated rings. The van der Waals surface area contributed by atoms with E-state index in [9.17, 15) is 9.59 Å². The first-order valence-electron chi connectivity index (χ1n) is 6.47. The van der Waals surface area contributed by atoms with Crippen LogP contribution >= 0.6 is 0 Å². The summed E-state index contributed by atoms with van der Waals surface area (Å²) in [5, 5.41) is 12.0. The summed E-state index contributed by atoms with van der Waals surface area (Å²) >= 11 is 0. The molecule has 6 nitrogen and oxygen atoms in total. The van der Waals surface area contributed by atoms with Crippen molar-refractivity contribution in [1.82, 2.24) is 10.2 Å². The summed E-state index contributed by atoms with van der Waals surface area (Å²) in [6.45, 7) is 2.46. The molecular formula is C12H20N2O4. The molecule has 0 spiro atoms. The molecule has 1 saturated carbocycles. The van der Waals surface area contributed by atoms with Crippen LogP contribution in [0.15, 0.2) is 0 Å². The number of rotatable bonds is 6. The molecule has 102 valence electrons. The Hall–Kier alpha value is -1.14. The normalized spacial score (nSPS) is 23.7. The van der Waals surface area contributed by atoms with Crippen molar-refractivity contribution in [2.45, 2.75) is 25.4 Å². The summed E-state index contributed by atoms with van der Waals surface area (Å²) in [7, 11) is 0. The van der Waals surface area contributed by atoms with E-state index >= 15 is 0 Å². The Bertz CT molecular complexity index is 311. The van der Waals surface area contributed by atoms with Crippen LogP contribution in [0.3, 0.4) is 0 Å². The third-order valence-electron chi connectivity index (χ3n) is 3.26. The van der Waals surface area contributed by atoms with E-state index < -0.39 is 5.97 Å². The van der Waals surface area contributed by atoms with E-state index in [1.54, 1.807) is 0 Å².